The van der Waals surface area contributed by atoms with Crippen LogP contribution in [0.1, 0.15) is 49.7 Å². The lowest BCUT2D eigenvalue weighted by Gasteiger charge is -2.29. The van der Waals surface area contributed by atoms with E-state index in [0.717, 1.165) is 92.2 Å². The van der Waals surface area contributed by atoms with Crippen molar-refractivity contribution in [2.24, 2.45) is 0 Å². The standard InChI is InChI=1S/C32H24N10S2/c33-17-22(18-34)24(9-7-21-8-11-26(31-29(21)37-43-39-31)41-13-3-1-4-14-41)28(23(19-35)20-36)25-10-12-27(32-30(25)38-44-40-32)42-15-5-2-6-16-42/h8,10-12H,1-6,13-16H2. The van der Waals surface area contributed by atoms with Crippen molar-refractivity contribution in [3.8, 4) is 36.1 Å². The molecule has 4 aromatic rings. The molecule has 2 aliphatic heterocycles. The van der Waals surface area contributed by atoms with Crippen LogP contribution in [0.25, 0.3) is 27.6 Å². The number of nitrogens with zero attached hydrogens (tertiary/aromatic N) is 10. The molecular formula is C32H24N10S2. The number of nitriles is 4. The summed E-state index contributed by atoms with van der Waals surface area (Å²) < 4.78 is 18.2. The first kappa shape index (κ1) is 28.8. The van der Waals surface area contributed by atoms with Crippen LogP contribution in [0, 0.1) is 57.2 Å². The Labute approximate surface area is 263 Å². The van der Waals surface area contributed by atoms with Gasteiger partial charge in [0.25, 0.3) is 0 Å². The van der Waals surface area contributed by atoms with Gasteiger partial charge in [-0.2, -0.15) is 38.5 Å². The first-order chi connectivity index (χ1) is 21.7. The number of piperidine rings is 2. The Hall–Kier alpha value is -5.32. The summed E-state index contributed by atoms with van der Waals surface area (Å²) in [7, 11) is 0. The Balaban J connectivity index is 1.51. The Bertz CT molecular complexity index is 2020. The first-order valence-corrected chi connectivity index (χ1v) is 15.8. The second-order valence-corrected chi connectivity index (χ2v) is 11.5. The van der Waals surface area contributed by atoms with Gasteiger partial charge in [0.15, 0.2) is 0 Å². The fraction of sp³-hybridized carbons (Fsp3) is 0.312. The predicted molar refractivity (Wildman–Crippen MR) is 170 cm³/mol. The highest BCUT2D eigenvalue weighted by Crippen LogP contribution is 2.38. The lowest BCUT2D eigenvalue weighted by atomic mass is 9.89. The molecule has 44 heavy (non-hydrogen) atoms. The van der Waals surface area contributed by atoms with Gasteiger partial charge >= 0.3 is 0 Å². The smallest absolute Gasteiger partial charge is 0.145 e. The van der Waals surface area contributed by atoms with Crippen molar-refractivity contribution in [1.82, 2.24) is 17.5 Å². The average molecular weight is 613 g/mol. The summed E-state index contributed by atoms with van der Waals surface area (Å²) in [6.45, 7) is 3.70. The summed E-state index contributed by atoms with van der Waals surface area (Å²) in [5, 5.41) is 40.0. The third-order valence-electron chi connectivity index (χ3n) is 7.97. The molecule has 0 bridgehead atoms. The zero-order chi connectivity index (χ0) is 30.5. The fourth-order valence-corrected chi connectivity index (χ4v) is 6.98. The molecule has 10 nitrogen and oxygen atoms in total. The van der Waals surface area contributed by atoms with Crippen molar-refractivity contribution >= 4 is 62.5 Å². The summed E-state index contributed by atoms with van der Waals surface area (Å²) in [5.74, 6) is 6.09. The second kappa shape index (κ2) is 12.9. The maximum absolute atomic E-state index is 10.0. The molecule has 0 atom stereocenters. The Morgan fingerprint density at radius 1 is 0.591 bits per heavy atom. The van der Waals surface area contributed by atoms with Crippen molar-refractivity contribution in [3.63, 3.8) is 0 Å². The highest BCUT2D eigenvalue weighted by molar-refractivity contribution is 7.00. The molecule has 0 aliphatic carbocycles. The molecule has 2 saturated heterocycles. The van der Waals surface area contributed by atoms with E-state index < -0.39 is 0 Å². The minimum Gasteiger partial charge on any atom is -0.370 e. The molecule has 0 amide bonds. The number of aromatic nitrogens is 4. The van der Waals surface area contributed by atoms with E-state index in [1.54, 1.807) is 6.07 Å². The van der Waals surface area contributed by atoms with E-state index in [4.69, 9.17) is 0 Å². The SMILES string of the molecule is N#CC(C#N)=C(C#Cc1ccc(N2CCCCC2)c2nsnc12)C(=C(C#N)C#N)c1ccc(N2CCCCC2)c2nsnc12. The molecule has 214 valence electrons. The highest BCUT2D eigenvalue weighted by Gasteiger charge is 2.25. The van der Waals surface area contributed by atoms with Gasteiger partial charge in [-0.15, -0.1) is 0 Å². The zero-order valence-electron chi connectivity index (χ0n) is 23.7. The number of benzene rings is 2. The van der Waals surface area contributed by atoms with Crippen molar-refractivity contribution in [3.05, 3.63) is 52.1 Å². The number of rotatable bonds is 4. The van der Waals surface area contributed by atoms with Crippen LogP contribution in [-0.2, 0) is 0 Å². The van der Waals surface area contributed by atoms with Gasteiger partial charge in [-0.25, -0.2) is 0 Å². The van der Waals surface area contributed by atoms with Crippen LogP contribution in [0.3, 0.4) is 0 Å². The van der Waals surface area contributed by atoms with Crippen LogP contribution in [0.2, 0.25) is 0 Å². The van der Waals surface area contributed by atoms with Gasteiger partial charge in [-0.1, -0.05) is 11.8 Å². The topological polar surface area (TPSA) is 153 Å². The molecule has 6 rings (SSSR count). The van der Waals surface area contributed by atoms with E-state index >= 15 is 0 Å². The number of anilines is 2. The summed E-state index contributed by atoms with van der Waals surface area (Å²) in [5.41, 5.74) is 4.90. The van der Waals surface area contributed by atoms with E-state index in [9.17, 15) is 21.0 Å². The molecule has 0 N–H and O–H groups in total. The molecule has 12 heteroatoms. The zero-order valence-corrected chi connectivity index (χ0v) is 25.3. The number of hydrogen-bond donors (Lipinski definition) is 0. The van der Waals surface area contributed by atoms with Gasteiger partial charge in [0.2, 0.25) is 0 Å². The van der Waals surface area contributed by atoms with Crippen molar-refractivity contribution in [2.45, 2.75) is 38.5 Å². The lowest BCUT2D eigenvalue weighted by Crippen LogP contribution is -2.29. The molecular weight excluding hydrogens is 589 g/mol. The largest absolute Gasteiger partial charge is 0.370 e. The summed E-state index contributed by atoms with van der Waals surface area (Å²) in [4.78, 5) is 4.58. The van der Waals surface area contributed by atoms with Crippen molar-refractivity contribution in [1.29, 1.82) is 21.0 Å². The molecule has 2 aromatic carbocycles. The van der Waals surface area contributed by atoms with Crippen LogP contribution in [-0.4, -0.2) is 43.7 Å². The van der Waals surface area contributed by atoms with Gasteiger partial charge < -0.3 is 9.80 Å². The number of hydrogen-bond acceptors (Lipinski definition) is 12. The summed E-state index contributed by atoms with van der Waals surface area (Å²) in [6, 6.07) is 15.3. The maximum atomic E-state index is 10.0. The third kappa shape index (κ3) is 5.32. The normalized spacial score (nSPS) is 14.5. The fourth-order valence-electron chi connectivity index (χ4n) is 5.84. The minimum absolute atomic E-state index is 0.0235. The molecule has 2 fully saturated rings. The number of fused-ring (bicyclic) bond motifs is 2. The van der Waals surface area contributed by atoms with Gasteiger partial charge in [-0.3, -0.25) is 0 Å². The summed E-state index contributed by atoms with van der Waals surface area (Å²) >= 11 is 2.13. The van der Waals surface area contributed by atoms with Gasteiger partial charge in [-0.05, 0) is 62.8 Å². The van der Waals surface area contributed by atoms with Crippen molar-refractivity contribution < 1.29 is 0 Å². The molecule has 0 radical (unpaired) electrons. The average Bonchev–Trinajstić information content (AvgIpc) is 3.78. The maximum Gasteiger partial charge on any atom is 0.145 e. The first-order valence-electron chi connectivity index (χ1n) is 14.3. The number of allylic oxidation sites excluding steroid dienone is 4. The summed E-state index contributed by atoms with van der Waals surface area (Å²) in [6.07, 6.45) is 6.79. The minimum atomic E-state index is -0.315. The third-order valence-corrected chi connectivity index (χ3v) is 9.03. The van der Waals surface area contributed by atoms with Crippen molar-refractivity contribution in [2.75, 3.05) is 36.0 Å². The second-order valence-electron chi connectivity index (χ2n) is 10.5. The van der Waals surface area contributed by atoms with E-state index in [1.165, 1.54) is 12.8 Å². The van der Waals surface area contributed by atoms with E-state index in [1.807, 2.05) is 42.5 Å². The van der Waals surface area contributed by atoms with Gasteiger partial charge in [0, 0.05) is 37.3 Å². The van der Waals surface area contributed by atoms with Crippen LogP contribution >= 0.6 is 23.5 Å². The molecule has 0 spiro atoms. The monoisotopic (exact) mass is 612 g/mol. The van der Waals surface area contributed by atoms with Crippen LogP contribution in [0.4, 0.5) is 11.4 Å². The molecule has 0 unspecified atom stereocenters. The van der Waals surface area contributed by atoms with E-state index in [-0.39, 0.29) is 22.3 Å². The van der Waals surface area contributed by atoms with Crippen LogP contribution < -0.4 is 9.80 Å². The Kier molecular flexibility index (Phi) is 8.44. The molecule has 0 saturated carbocycles. The molecule has 2 aliphatic rings. The van der Waals surface area contributed by atoms with Gasteiger partial charge in [0.1, 0.15) is 57.5 Å². The predicted octanol–water partition coefficient (Wildman–Crippen LogP) is 5.87. The Morgan fingerprint density at radius 3 is 1.66 bits per heavy atom. The van der Waals surface area contributed by atoms with Crippen LogP contribution in [0.5, 0.6) is 0 Å². The molecule has 2 aromatic heterocycles. The van der Waals surface area contributed by atoms with E-state index in [2.05, 4.69) is 39.1 Å². The quantitative estimate of drug-likeness (QED) is 0.155. The molecule has 4 heterocycles. The van der Waals surface area contributed by atoms with Gasteiger partial charge in [0.05, 0.1) is 46.0 Å². The highest BCUT2D eigenvalue weighted by atomic mass is 32.1. The lowest BCUT2D eigenvalue weighted by molar-refractivity contribution is 0.579. The van der Waals surface area contributed by atoms with E-state index in [0.29, 0.717) is 27.7 Å². The van der Waals surface area contributed by atoms with Crippen LogP contribution in [0.15, 0.2) is 41.0 Å². The Morgan fingerprint density at radius 2 is 1.09 bits per heavy atom.